The second-order valence-corrected chi connectivity index (χ2v) is 8.12. The van der Waals surface area contributed by atoms with Gasteiger partial charge in [0, 0.05) is 19.7 Å². The van der Waals surface area contributed by atoms with Gasteiger partial charge in [-0.1, -0.05) is 11.6 Å². The van der Waals surface area contributed by atoms with Crippen molar-refractivity contribution >= 4 is 45.5 Å². The molecule has 2 aromatic carbocycles. The zero-order valence-electron chi connectivity index (χ0n) is 16.4. The Bertz CT molecular complexity index is 1070. The first-order valence-electron chi connectivity index (χ1n) is 8.36. The quantitative estimate of drug-likeness (QED) is 0.211. The van der Waals surface area contributed by atoms with Gasteiger partial charge in [0.15, 0.2) is 0 Å². The van der Waals surface area contributed by atoms with Crippen LogP contribution in [0.15, 0.2) is 51.8 Å². The van der Waals surface area contributed by atoms with E-state index in [9.17, 15) is 18.0 Å². The Balaban J connectivity index is 2.40. The molecule has 0 aromatic heterocycles. The molecule has 0 radical (unpaired) electrons. The van der Waals surface area contributed by atoms with E-state index < -0.39 is 21.9 Å². The van der Waals surface area contributed by atoms with Gasteiger partial charge in [0.1, 0.15) is 11.2 Å². The fourth-order valence-electron chi connectivity index (χ4n) is 2.29. The number of methoxy groups -OCH3 is 1. The van der Waals surface area contributed by atoms with Crippen molar-refractivity contribution in [2.24, 2.45) is 10.2 Å². The van der Waals surface area contributed by atoms with Gasteiger partial charge in [0.25, 0.3) is 15.9 Å². The number of carbonyl (C=O) groups excluding carboxylic acids is 2. The van der Waals surface area contributed by atoms with Crippen molar-refractivity contribution in [1.29, 1.82) is 0 Å². The molecular formula is C18H20ClN5O5S. The number of amides is 1. The third kappa shape index (κ3) is 5.33. The van der Waals surface area contributed by atoms with Crippen LogP contribution in [0.2, 0.25) is 5.02 Å². The van der Waals surface area contributed by atoms with Gasteiger partial charge < -0.3 is 9.64 Å². The highest BCUT2D eigenvalue weighted by Crippen LogP contribution is 2.26. The van der Waals surface area contributed by atoms with Gasteiger partial charge in [0.05, 0.1) is 23.4 Å². The number of sulfonamides is 1. The van der Waals surface area contributed by atoms with E-state index in [1.807, 2.05) is 0 Å². The average molecular weight is 454 g/mol. The number of rotatable bonds is 7. The van der Waals surface area contributed by atoms with E-state index in [1.54, 1.807) is 14.1 Å². The number of hydrazine groups is 2. The predicted molar refractivity (Wildman–Crippen MR) is 113 cm³/mol. The molecule has 30 heavy (non-hydrogen) atoms. The van der Waals surface area contributed by atoms with Crippen LogP contribution in [0.1, 0.15) is 20.7 Å². The summed E-state index contributed by atoms with van der Waals surface area (Å²) in [5.41, 5.74) is 2.82. The number of hydrogen-bond donors (Lipinski definition) is 2. The Morgan fingerprint density at radius 2 is 1.73 bits per heavy atom. The van der Waals surface area contributed by atoms with E-state index in [4.69, 9.17) is 17.4 Å². The van der Waals surface area contributed by atoms with E-state index >= 15 is 0 Å². The summed E-state index contributed by atoms with van der Waals surface area (Å²) < 4.78 is 33.1. The molecule has 0 aliphatic carbocycles. The minimum Gasteiger partial charge on any atom is -0.465 e. The van der Waals surface area contributed by atoms with Crippen LogP contribution >= 0.6 is 11.6 Å². The van der Waals surface area contributed by atoms with Crippen molar-refractivity contribution in [2.75, 3.05) is 26.2 Å². The summed E-state index contributed by atoms with van der Waals surface area (Å²) in [5.74, 6) is 4.30. The minimum absolute atomic E-state index is 0.00646. The van der Waals surface area contributed by atoms with E-state index in [0.717, 1.165) is 17.4 Å². The molecule has 0 heterocycles. The van der Waals surface area contributed by atoms with E-state index in [0.29, 0.717) is 5.69 Å². The first kappa shape index (κ1) is 23.3. The molecule has 0 saturated carbocycles. The van der Waals surface area contributed by atoms with Crippen LogP contribution in [-0.2, 0) is 14.8 Å². The van der Waals surface area contributed by atoms with Gasteiger partial charge in [0.2, 0.25) is 0 Å². The van der Waals surface area contributed by atoms with Crippen LogP contribution in [0.3, 0.4) is 0 Å². The van der Waals surface area contributed by atoms with Crippen molar-refractivity contribution in [3.8, 4) is 0 Å². The molecule has 2 rings (SSSR count). The molecule has 2 aromatic rings. The first-order chi connectivity index (χ1) is 14.1. The van der Waals surface area contributed by atoms with Crippen molar-refractivity contribution in [3.63, 3.8) is 0 Å². The lowest BCUT2D eigenvalue weighted by Crippen LogP contribution is -2.47. The zero-order chi connectivity index (χ0) is 22.5. The number of hydrogen-bond acceptors (Lipinski definition) is 7. The summed E-state index contributed by atoms with van der Waals surface area (Å²) in [5, 5.41) is 0.890. The Morgan fingerprint density at radius 3 is 2.27 bits per heavy atom. The van der Waals surface area contributed by atoms with Gasteiger partial charge in [-0.25, -0.2) is 9.80 Å². The Hall–Kier alpha value is -2.99. The number of carbonyl (C=O) groups is 2. The molecule has 0 fully saturated rings. The molecular weight excluding hydrogens is 434 g/mol. The SMILES string of the molecule is COC(=O)c1ccc(N(NN)C(=O)c2ccc(Cl)c(S(=O)(=O)N=CN(C)C)c2)cc1. The van der Waals surface area contributed by atoms with Crippen molar-refractivity contribution < 1.29 is 22.7 Å². The maximum absolute atomic E-state index is 12.9. The number of anilines is 1. The highest BCUT2D eigenvalue weighted by atomic mass is 35.5. The van der Waals surface area contributed by atoms with Crippen molar-refractivity contribution in [2.45, 2.75) is 4.90 Å². The van der Waals surface area contributed by atoms with Crippen LogP contribution in [0.5, 0.6) is 0 Å². The van der Waals surface area contributed by atoms with E-state index in [2.05, 4.69) is 14.7 Å². The highest BCUT2D eigenvalue weighted by Gasteiger charge is 2.23. The van der Waals surface area contributed by atoms with Crippen LogP contribution < -0.4 is 16.4 Å². The summed E-state index contributed by atoms with van der Waals surface area (Å²) in [7, 11) is 0.333. The Morgan fingerprint density at radius 1 is 1.13 bits per heavy atom. The predicted octanol–water partition coefficient (Wildman–Crippen LogP) is 1.43. The van der Waals surface area contributed by atoms with Gasteiger partial charge in [-0.15, -0.1) is 4.40 Å². The molecule has 0 aliphatic heterocycles. The number of nitrogens with one attached hydrogen (secondary N) is 1. The molecule has 12 heteroatoms. The van der Waals surface area contributed by atoms with E-state index in [-0.39, 0.29) is 21.0 Å². The molecule has 10 nitrogen and oxygen atoms in total. The topological polar surface area (TPSA) is 134 Å². The summed E-state index contributed by atoms with van der Waals surface area (Å²) in [6, 6.07) is 9.59. The standard InChI is InChI=1S/C18H20ClN5O5S/c1-23(2)11-21-30(27,28)16-10-13(6-9-15(16)19)17(25)24(22-20)14-7-4-12(5-8-14)18(26)29-3/h4-11,22H,20H2,1-3H3. The maximum Gasteiger partial charge on any atom is 0.337 e. The van der Waals surface area contributed by atoms with Crippen LogP contribution in [0.4, 0.5) is 5.69 Å². The second-order valence-electron chi connectivity index (χ2n) is 6.11. The molecule has 0 unspecified atom stereocenters. The maximum atomic E-state index is 12.9. The third-order valence-electron chi connectivity index (χ3n) is 3.75. The number of benzene rings is 2. The molecule has 0 aliphatic rings. The van der Waals surface area contributed by atoms with Crippen molar-refractivity contribution in [1.82, 2.24) is 10.4 Å². The number of esters is 1. The fourth-order valence-corrected chi connectivity index (χ4v) is 3.72. The minimum atomic E-state index is -4.14. The monoisotopic (exact) mass is 453 g/mol. The molecule has 3 N–H and O–H groups in total. The molecule has 0 atom stereocenters. The van der Waals surface area contributed by atoms with Gasteiger partial charge in [-0.05, 0) is 42.5 Å². The normalized spacial score (nSPS) is 11.4. The lowest BCUT2D eigenvalue weighted by Gasteiger charge is -2.21. The van der Waals surface area contributed by atoms with Crippen molar-refractivity contribution in [3.05, 3.63) is 58.6 Å². The smallest absolute Gasteiger partial charge is 0.337 e. The van der Waals surface area contributed by atoms with Gasteiger partial charge in [-0.3, -0.25) is 10.6 Å². The van der Waals surface area contributed by atoms with E-state index in [1.165, 1.54) is 48.4 Å². The zero-order valence-corrected chi connectivity index (χ0v) is 17.9. The summed E-state index contributed by atoms with van der Waals surface area (Å²) in [6.07, 6.45) is 1.11. The summed E-state index contributed by atoms with van der Waals surface area (Å²) in [4.78, 5) is 25.6. The highest BCUT2D eigenvalue weighted by molar-refractivity contribution is 7.90. The lowest BCUT2D eigenvalue weighted by atomic mass is 10.1. The number of nitrogens with zero attached hydrogens (tertiary/aromatic N) is 3. The number of nitrogens with two attached hydrogens (primary N) is 1. The first-order valence-corrected chi connectivity index (χ1v) is 10.2. The molecule has 0 bridgehead atoms. The largest absolute Gasteiger partial charge is 0.465 e. The summed E-state index contributed by atoms with van der Waals surface area (Å²) in [6.45, 7) is 0. The van der Waals surface area contributed by atoms with Gasteiger partial charge >= 0.3 is 5.97 Å². The molecule has 0 spiro atoms. The molecule has 160 valence electrons. The Labute approximate surface area is 178 Å². The Kier molecular flexibility index (Phi) is 7.51. The molecule has 0 saturated heterocycles. The third-order valence-corrected chi connectivity index (χ3v) is 5.46. The fraction of sp³-hybridized carbons (Fsp3) is 0.167. The number of halogens is 1. The van der Waals surface area contributed by atoms with Crippen LogP contribution in [0, 0.1) is 0 Å². The van der Waals surface area contributed by atoms with Crippen LogP contribution in [-0.4, -0.2) is 52.7 Å². The summed E-state index contributed by atoms with van der Waals surface area (Å²) >= 11 is 6.02. The average Bonchev–Trinajstić information content (AvgIpc) is 2.73. The number of ether oxygens (including phenoxy) is 1. The van der Waals surface area contributed by atoms with Crippen LogP contribution in [0.25, 0.3) is 0 Å². The molecule has 1 amide bonds. The van der Waals surface area contributed by atoms with Gasteiger partial charge in [-0.2, -0.15) is 14.0 Å². The lowest BCUT2D eigenvalue weighted by molar-refractivity contribution is 0.0600. The second kappa shape index (κ2) is 9.67.